The Morgan fingerprint density at radius 3 is 2.55 bits per heavy atom. The maximum Gasteiger partial charge on any atom is 0.252 e. The molecule has 20 heavy (non-hydrogen) atoms. The van der Waals surface area contributed by atoms with E-state index in [-0.39, 0.29) is 6.04 Å². The maximum atomic E-state index is 11.3. The smallest absolute Gasteiger partial charge is 0.252 e. The molecule has 0 saturated carbocycles. The third-order valence-electron chi connectivity index (χ3n) is 2.84. The lowest BCUT2D eigenvalue weighted by Crippen LogP contribution is -2.12. The van der Waals surface area contributed by atoms with E-state index >= 15 is 0 Å². The number of para-hydroxylation sites is 1. The normalized spacial score (nSPS) is 11.9. The van der Waals surface area contributed by atoms with Crippen molar-refractivity contribution in [2.75, 3.05) is 0 Å². The molecule has 4 N–H and O–H groups in total. The third-order valence-corrected chi connectivity index (χ3v) is 3.53. The molecule has 0 aliphatic heterocycles. The van der Waals surface area contributed by atoms with Crippen molar-refractivity contribution in [2.45, 2.75) is 13.0 Å². The van der Waals surface area contributed by atoms with Crippen LogP contribution in [-0.2, 0) is 0 Å². The van der Waals surface area contributed by atoms with Gasteiger partial charge in [0.25, 0.3) is 5.91 Å². The summed E-state index contributed by atoms with van der Waals surface area (Å²) in [5.41, 5.74) is 12.5. The Kier molecular flexibility index (Phi) is 4.42. The van der Waals surface area contributed by atoms with Gasteiger partial charge in [-0.1, -0.05) is 34.1 Å². The lowest BCUT2D eigenvalue weighted by molar-refractivity contribution is 0.0998. The van der Waals surface area contributed by atoms with Crippen LogP contribution in [0, 0.1) is 0 Å². The van der Waals surface area contributed by atoms with Gasteiger partial charge in [-0.25, -0.2) is 0 Å². The highest BCUT2D eigenvalue weighted by molar-refractivity contribution is 9.10. The molecule has 4 nitrogen and oxygen atoms in total. The number of carbonyl (C=O) groups excluding carboxylic acids is 1. The quantitative estimate of drug-likeness (QED) is 0.899. The van der Waals surface area contributed by atoms with E-state index in [0.717, 1.165) is 10.0 Å². The zero-order valence-corrected chi connectivity index (χ0v) is 12.6. The molecular formula is C15H15BrN2O2. The van der Waals surface area contributed by atoms with Crippen LogP contribution in [0.1, 0.15) is 28.9 Å². The molecule has 0 spiro atoms. The van der Waals surface area contributed by atoms with Crippen LogP contribution < -0.4 is 16.2 Å². The van der Waals surface area contributed by atoms with Crippen LogP contribution in [0.2, 0.25) is 0 Å². The fourth-order valence-corrected chi connectivity index (χ4v) is 2.55. The Morgan fingerprint density at radius 1 is 1.25 bits per heavy atom. The van der Waals surface area contributed by atoms with Crippen molar-refractivity contribution in [3.8, 4) is 11.5 Å². The molecule has 2 aromatic carbocycles. The molecule has 0 aromatic heterocycles. The fraction of sp³-hybridized carbons (Fsp3) is 0.133. The first-order valence-corrected chi connectivity index (χ1v) is 6.90. The largest absolute Gasteiger partial charge is 0.456 e. The molecule has 1 amide bonds. The van der Waals surface area contributed by atoms with Crippen molar-refractivity contribution < 1.29 is 9.53 Å². The summed E-state index contributed by atoms with van der Waals surface area (Å²) in [4.78, 5) is 11.3. The van der Waals surface area contributed by atoms with Crippen molar-refractivity contribution in [2.24, 2.45) is 11.5 Å². The van der Waals surface area contributed by atoms with Crippen LogP contribution in [0.5, 0.6) is 11.5 Å². The average molecular weight is 335 g/mol. The number of hydrogen-bond donors (Lipinski definition) is 2. The molecule has 5 heteroatoms. The van der Waals surface area contributed by atoms with Crippen molar-refractivity contribution in [3.05, 3.63) is 58.1 Å². The molecule has 2 aromatic rings. The van der Waals surface area contributed by atoms with Gasteiger partial charge in [-0.3, -0.25) is 4.79 Å². The second kappa shape index (κ2) is 6.07. The molecular weight excluding hydrogens is 320 g/mol. The van der Waals surface area contributed by atoms with E-state index in [2.05, 4.69) is 15.9 Å². The van der Waals surface area contributed by atoms with E-state index in [0.29, 0.717) is 17.1 Å². The van der Waals surface area contributed by atoms with Crippen molar-refractivity contribution in [3.63, 3.8) is 0 Å². The SMILES string of the molecule is C[C@@H](N)c1ccc(Oc2ccccc2C(N)=O)cc1Br. The lowest BCUT2D eigenvalue weighted by atomic mass is 10.1. The molecule has 0 aliphatic rings. The van der Waals surface area contributed by atoms with Crippen LogP contribution in [0.4, 0.5) is 0 Å². The highest BCUT2D eigenvalue weighted by atomic mass is 79.9. The molecule has 0 heterocycles. The Morgan fingerprint density at radius 2 is 1.95 bits per heavy atom. The second-order valence-electron chi connectivity index (χ2n) is 4.43. The third kappa shape index (κ3) is 3.18. The van der Waals surface area contributed by atoms with E-state index < -0.39 is 5.91 Å². The molecule has 0 bridgehead atoms. The van der Waals surface area contributed by atoms with Gasteiger partial charge >= 0.3 is 0 Å². The number of carbonyl (C=O) groups is 1. The second-order valence-corrected chi connectivity index (χ2v) is 5.29. The predicted molar refractivity (Wildman–Crippen MR) is 81.8 cm³/mol. The van der Waals surface area contributed by atoms with E-state index in [1.807, 2.05) is 19.1 Å². The Balaban J connectivity index is 2.31. The standard InChI is InChI=1S/C15H15BrN2O2/c1-9(17)11-7-6-10(8-13(11)16)20-14-5-3-2-4-12(14)15(18)19/h2-9H,17H2,1H3,(H2,18,19)/t9-/m1/s1. The molecule has 1 atom stereocenters. The first kappa shape index (κ1) is 14.6. The first-order valence-electron chi connectivity index (χ1n) is 6.10. The monoisotopic (exact) mass is 334 g/mol. The predicted octanol–water partition coefficient (Wildman–Crippen LogP) is 3.36. The number of halogens is 1. The summed E-state index contributed by atoms with van der Waals surface area (Å²) in [5, 5.41) is 0. The van der Waals surface area contributed by atoms with Gasteiger partial charge < -0.3 is 16.2 Å². The summed E-state index contributed by atoms with van der Waals surface area (Å²) in [6.07, 6.45) is 0. The Bertz CT molecular complexity index is 642. The minimum atomic E-state index is -0.521. The van der Waals surface area contributed by atoms with Crippen molar-refractivity contribution >= 4 is 21.8 Å². The van der Waals surface area contributed by atoms with E-state index in [1.54, 1.807) is 30.3 Å². The van der Waals surface area contributed by atoms with Crippen LogP contribution in [0.15, 0.2) is 46.9 Å². The summed E-state index contributed by atoms with van der Waals surface area (Å²) in [6, 6.07) is 12.3. The fourth-order valence-electron chi connectivity index (χ4n) is 1.83. The lowest BCUT2D eigenvalue weighted by Gasteiger charge is -2.12. The molecule has 0 fully saturated rings. The topological polar surface area (TPSA) is 78.3 Å². The zero-order chi connectivity index (χ0) is 14.7. The molecule has 0 aliphatic carbocycles. The molecule has 0 radical (unpaired) electrons. The van der Waals surface area contributed by atoms with Crippen LogP contribution >= 0.6 is 15.9 Å². The highest BCUT2D eigenvalue weighted by Crippen LogP contribution is 2.30. The van der Waals surface area contributed by atoms with Gasteiger partial charge in [-0.15, -0.1) is 0 Å². The number of amides is 1. The van der Waals surface area contributed by atoms with Gasteiger partial charge in [0.2, 0.25) is 0 Å². The molecule has 104 valence electrons. The minimum Gasteiger partial charge on any atom is -0.456 e. The van der Waals surface area contributed by atoms with E-state index in [4.69, 9.17) is 16.2 Å². The van der Waals surface area contributed by atoms with Crippen LogP contribution in [0.25, 0.3) is 0 Å². The van der Waals surface area contributed by atoms with Crippen molar-refractivity contribution in [1.29, 1.82) is 0 Å². The maximum absolute atomic E-state index is 11.3. The van der Waals surface area contributed by atoms with Gasteiger partial charge in [-0.2, -0.15) is 0 Å². The number of nitrogens with two attached hydrogens (primary N) is 2. The first-order chi connectivity index (χ1) is 9.49. The van der Waals surface area contributed by atoms with Crippen LogP contribution in [-0.4, -0.2) is 5.91 Å². The number of hydrogen-bond acceptors (Lipinski definition) is 3. The van der Waals surface area contributed by atoms with Gasteiger partial charge in [0.15, 0.2) is 0 Å². The van der Waals surface area contributed by atoms with E-state index in [1.165, 1.54) is 0 Å². The number of rotatable bonds is 4. The summed E-state index contributed by atoms with van der Waals surface area (Å²) in [6.45, 7) is 1.91. The Labute approximate surface area is 125 Å². The number of primary amides is 1. The summed E-state index contributed by atoms with van der Waals surface area (Å²) < 4.78 is 6.58. The summed E-state index contributed by atoms with van der Waals surface area (Å²) in [7, 11) is 0. The van der Waals surface area contributed by atoms with Gasteiger partial charge in [0.1, 0.15) is 11.5 Å². The minimum absolute atomic E-state index is 0.0728. The molecule has 2 rings (SSSR count). The van der Waals surface area contributed by atoms with E-state index in [9.17, 15) is 4.79 Å². The summed E-state index contributed by atoms with van der Waals surface area (Å²) >= 11 is 3.46. The zero-order valence-electron chi connectivity index (χ0n) is 11.0. The number of ether oxygens (including phenoxy) is 1. The molecule has 0 saturated heterocycles. The van der Waals surface area contributed by atoms with Gasteiger partial charge in [-0.05, 0) is 36.8 Å². The molecule has 0 unspecified atom stereocenters. The number of benzene rings is 2. The highest BCUT2D eigenvalue weighted by Gasteiger charge is 2.11. The van der Waals surface area contributed by atoms with Crippen molar-refractivity contribution in [1.82, 2.24) is 0 Å². The summed E-state index contributed by atoms with van der Waals surface area (Å²) in [5.74, 6) is 0.516. The van der Waals surface area contributed by atoms with Gasteiger partial charge in [0.05, 0.1) is 5.56 Å². The van der Waals surface area contributed by atoms with Gasteiger partial charge in [0, 0.05) is 10.5 Å². The average Bonchev–Trinajstić information content (AvgIpc) is 2.38. The Hall–Kier alpha value is -1.85. The van der Waals surface area contributed by atoms with Crippen LogP contribution in [0.3, 0.4) is 0 Å².